The molecule has 0 fully saturated rings. The largest absolute Gasteiger partial charge is 0.472 e. The summed E-state index contributed by atoms with van der Waals surface area (Å²) >= 11 is 0. The first-order chi connectivity index (χ1) is 26.2. The lowest BCUT2D eigenvalue weighted by atomic mass is 9.35. The first kappa shape index (κ1) is 39.8. The smallest absolute Gasteiger partial charge is 0.297 e. The molecule has 0 amide bonds. The van der Waals surface area contributed by atoms with Crippen LogP contribution >= 0.6 is 0 Å². The van der Waals surface area contributed by atoms with Gasteiger partial charge in [0.25, 0.3) is 6.71 Å². The quantitative estimate of drug-likeness (QED) is 0.167. The number of nitrogens with zero attached hydrogens (tertiary/aromatic N) is 2. The Labute approximate surface area is 346 Å². The van der Waals surface area contributed by atoms with Gasteiger partial charge in [-0.05, 0) is 116 Å². The number of rotatable bonds is 3. The van der Waals surface area contributed by atoms with Crippen LogP contribution in [0.1, 0.15) is 136 Å². The number of hydrogen-bond acceptors (Lipinski definition) is 3. The van der Waals surface area contributed by atoms with Crippen molar-refractivity contribution in [3.63, 3.8) is 0 Å². The highest BCUT2D eigenvalue weighted by molar-refractivity contribution is 6.99. The second kappa shape index (κ2) is 12.5. The molecule has 0 saturated heterocycles. The summed E-state index contributed by atoms with van der Waals surface area (Å²) < 4.78 is 7.64. The minimum absolute atomic E-state index is 0.0123. The van der Waals surface area contributed by atoms with Crippen LogP contribution in [0, 0.1) is 6.92 Å². The fourth-order valence-electron chi connectivity index (χ4n) is 9.82. The van der Waals surface area contributed by atoms with E-state index in [-0.39, 0.29) is 33.8 Å². The molecule has 0 saturated carbocycles. The summed E-state index contributed by atoms with van der Waals surface area (Å²) in [6, 6.07) is 29.0. The van der Waals surface area contributed by atoms with Crippen molar-refractivity contribution in [1.29, 1.82) is 0 Å². The standard InChI is InChI=1S/C52H67BN2OSi/c1-32-28-40-44-41(29-32)55(39-25-21-35(50(8,9)10)31-42(39)57(15,16)17)45-43-46(52(13,14)27-26-51(43,11)12)56-47(45)53(44)37-30-34(49(5,6)7)20-24-38(37)54(40)36-22-18-33(19-23-36)48(2,3)4/h18-25,28-31H,26-27H2,1-17H3. The van der Waals surface area contributed by atoms with E-state index in [0.29, 0.717) is 0 Å². The third-order valence-corrected chi connectivity index (χ3v) is 15.5. The van der Waals surface area contributed by atoms with Crippen molar-refractivity contribution in [2.24, 2.45) is 0 Å². The van der Waals surface area contributed by atoms with Crippen LogP contribution in [0.4, 0.5) is 34.1 Å². The summed E-state index contributed by atoms with van der Waals surface area (Å²) in [5, 5.41) is 1.50. The first-order valence-electron chi connectivity index (χ1n) is 21.5. The maximum atomic E-state index is 7.64. The van der Waals surface area contributed by atoms with Crippen LogP contribution in [-0.4, -0.2) is 14.8 Å². The monoisotopic (exact) mass is 775 g/mol. The third-order valence-electron chi connectivity index (χ3n) is 13.5. The van der Waals surface area contributed by atoms with Crippen LogP contribution in [-0.2, 0) is 27.1 Å². The summed E-state index contributed by atoms with van der Waals surface area (Å²) in [6.07, 6.45) is 2.22. The van der Waals surface area contributed by atoms with Gasteiger partial charge in [0.2, 0.25) is 0 Å². The maximum Gasteiger partial charge on any atom is 0.297 e. The normalized spacial score (nSPS) is 17.2. The van der Waals surface area contributed by atoms with E-state index in [0.717, 1.165) is 18.5 Å². The third kappa shape index (κ3) is 6.37. The predicted molar refractivity (Wildman–Crippen MR) is 252 cm³/mol. The molecule has 0 radical (unpaired) electrons. The molecular weight excluding hydrogens is 707 g/mol. The Bertz CT molecular complexity index is 2420. The molecule has 3 heterocycles. The van der Waals surface area contributed by atoms with E-state index in [4.69, 9.17) is 4.42 Å². The molecular formula is C52H67BN2OSi. The number of aryl methyl sites for hydroxylation is 1. The molecule has 298 valence electrons. The van der Waals surface area contributed by atoms with Crippen LogP contribution in [0.2, 0.25) is 19.6 Å². The summed E-state index contributed by atoms with van der Waals surface area (Å²) in [5.74, 6) is 1.18. The van der Waals surface area contributed by atoms with Crippen molar-refractivity contribution in [3.8, 4) is 0 Å². The lowest BCUT2D eigenvalue weighted by Gasteiger charge is -2.45. The lowest BCUT2D eigenvalue weighted by molar-refractivity contribution is 0.282. The number of furan rings is 1. The van der Waals surface area contributed by atoms with Gasteiger partial charge in [-0.1, -0.05) is 146 Å². The lowest BCUT2D eigenvalue weighted by Crippen LogP contribution is -2.61. The van der Waals surface area contributed by atoms with E-state index in [1.165, 1.54) is 83.8 Å². The van der Waals surface area contributed by atoms with Gasteiger partial charge in [-0.15, -0.1) is 0 Å². The number of anilines is 6. The Morgan fingerprint density at radius 1 is 0.596 bits per heavy atom. The predicted octanol–water partition coefficient (Wildman–Crippen LogP) is 12.5. The van der Waals surface area contributed by atoms with Crippen molar-refractivity contribution in [1.82, 2.24) is 0 Å². The zero-order valence-electron chi connectivity index (χ0n) is 38.2. The highest BCUT2D eigenvalue weighted by Crippen LogP contribution is 2.55. The molecule has 1 aromatic heterocycles. The van der Waals surface area contributed by atoms with Gasteiger partial charge in [0.05, 0.1) is 19.4 Å². The second-order valence-electron chi connectivity index (χ2n) is 23.2. The Hall–Kier alpha value is -3.96. The van der Waals surface area contributed by atoms with Crippen molar-refractivity contribution >= 4 is 70.7 Å². The first-order valence-corrected chi connectivity index (χ1v) is 25.0. The topological polar surface area (TPSA) is 19.6 Å². The molecule has 1 aliphatic carbocycles. The van der Waals surface area contributed by atoms with Crippen LogP contribution in [0.15, 0.2) is 77.2 Å². The van der Waals surface area contributed by atoms with Gasteiger partial charge in [0, 0.05) is 39.4 Å². The average Bonchev–Trinajstić information content (AvgIpc) is 3.51. The summed E-state index contributed by atoms with van der Waals surface area (Å²) in [5.41, 5.74) is 18.1. The van der Waals surface area contributed by atoms with Crippen molar-refractivity contribution in [3.05, 3.63) is 106 Å². The molecule has 0 bridgehead atoms. The van der Waals surface area contributed by atoms with Crippen LogP contribution in [0.25, 0.3) is 0 Å². The SMILES string of the molecule is Cc1cc2c3c(c1)N(c1ccc(C(C)(C)C)cc1[Si](C)(C)C)c1c(oc4c1C(C)(C)CCC4(C)C)B3c1cc(C(C)(C)C)ccc1N2c1ccc(C(C)(C)C)cc1. The van der Waals surface area contributed by atoms with Gasteiger partial charge in [0.15, 0.2) is 0 Å². The Balaban J connectivity index is 1.53. The van der Waals surface area contributed by atoms with Gasteiger partial charge in [-0.25, -0.2) is 0 Å². The fraction of sp³-hybridized carbons (Fsp3) is 0.462. The maximum absolute atomic E-state index is 7.64. The van der Waals surface area contributed by atoms with E-state index in [1.807, 2.05) is 0 Å². The molecule has 5 aromatic rings. The van der Waals surface area contributed by atoms with E-state index >= 15 is 0 Å². The number of benzene rings is 4. The van der Waals surface area contributed by atoms with Crippen molar-refractivity contribution in [2.45, 2.75) is 156 Å². The Morgan fingerprint density at radius 3 is 1.67 bits per heavy atom. The van der Waals surface area contributed by atoms with E-state index < -0.39 is 8.07 Å². The molecule has 3 aliphatic rings. The molecule has 0 N–H and O–H groups in total. The molecule has 5 heteroatoms. The molecule has 0 atom stereocenters. The summed E-state index contributed by atoms with van der Waals surface area (Å²) in [7, 11) is -1.89. The van der Waals surface area contributed by atoms with Gasteiger partial charge in [-0.3, -0.25) is 0 Å². The fourth-order valence-corrected chi connectivity index (χ4v) is 11.4. The molecule has 0 unspecified atom stereocenters. The van der Waals surface area contributed by atoms with E-state index in [1.54, 1.807) is 0 Å². The molecule has 3 nitrogen and oxygen atoms in total. The zero-order chi connectivity index (χ0) is 41.6. The number of fused-ring (bicyclic) bond motifs is 6. The minimum atomic E-state index is -1.89. The van der Waals surface area contributed by atoms with Gasteiger partial charge < -0.3 is 14.2 Å². The van der Waals surface area contributed by atoms with Gasteiger partial charge >= 0.3 is 0 Å². The summed E-state index contributed by atoms with van der Waals surface area (Å²) in [4.78, 5) is 5.25. The molecule has 4 aromatic carbocycles. The molecule has 2 aliphatic heterocycles. The highest BCUT2D eigenvalue weighted by atomic mass is 28.3. The molecule has 57 heavy (non-hydrogen) atoms. The van der Waals surface area contributed by atoms with Gasteiger partial charge in [0.1, 0.15) is 5.76 Å². The van der Waals surface area contributed by atoms with Crippen LogP contribution < -0.4 is 31.6 Å². The zero-order valence-corrected chi connectivity index (χ0v) is 39.2. The minimum Gasteiger partial charge on any atom is -0.472 e. The highest BCUT2D eigenvalue weighted by Gasteiger charge is 2.53. The van der Waals surface area contributed by atoms with Crippen LogP contribution in [0.3, 0.4) is 0 Å². The summed E-state index contributed by atoms with van der Waals surface area (Å²) in [6.45, 7) is 40.5. The van der Waals surface area contributed by atoms with Crippen molar-refractivity contribution in [2.75, 3.05) is 9.80 Å². The number of hydrogen-bond donors (Lipinski definition) is 0. The van der Waals surface area contributed by atoms with Crippen LogP contribution in [0.5, 0.6) is 0 Å². The molecule has 0 spiro atoms. The average molecular weight is 775 g/mol. The van der Waals surface area contributed by atoms with E-state index in [9.17, 15) is 0 Å². The Kier molecular flexibility index (Phi) is 8.76. The molecule has 8 rings (SSSR count). The Morgan fingerprint density at radius 2 is 1.11 bits per heavy atom. The van der Waals surface area contributed by atoms with E-state index in [2.05, 4.69) is 199 Å². The van der Waals surface area contributed by atoms with Crippen molar-refractivity contribution < 1.29 is 4.42 Å². The van der Waals surface area contributed by atoms with Gasteiger partial charge in [-0.2, -0.15) is 0 Å². The second-order valence-corrected chi connectivity index (χ2v) is 28.2.